The van der Waals surface area contributed by atoms with Gasteiger partial charge in [0.1, 0.15) is 23.5 Å². The summed E-state index contributed by atoms with van der Waals surface area (Å²) in [5.74, 6) is 2.24. The summed E-state index contributed by atoms with van der Waals surface area (Å²) < 4.78 is 0. The largest absolute Gasteiger partial charge is 0.353 e. The molecule has 0 atom stereocenters. The number of para-hydroxylation sites is 1. The molecule has 2 heterocycles. The van der Waals surface area contributed by atoms with Gasteiger partial charge < -0.3 is 15.1 Å². The predicted molar refractivity (Wildman–Crippen MR) is 95.7 cm³/mol. The van der Waals surface area contributed by atoms with Crippen LogP contribution in [0.3, 0.4) is 0 Å². The lowest BCUT2D eigenvalue weighted by Gasteiger charge is -2.35. The second-order valence-electron chi connectivity index (χ2n) is 5.93. The summed E-state index contributed by atoms with van der Waals surface area (Å²) in [5.41, 5.74) is 1.28. The standard InChI is InChI=1S/C18H20N6O/c1-13-20-17(22-16-6-4-3-5-15(16)12-19)11-18(21-13)24-9-7-23(8-10-24)14(2)25/h3-6,11H,7-10H2,1-2H3,(H,20,21,22). The van der Waals surface area contributed by atoms with Crippen molar-refractivity contribution in [2.75, 3.05) is 36.4 Å². The zero-order valence-electron chi connectivity index (χ0n) is 14.4. The minimum atomic E-state index is 0.106. The van der Waals surface area contributed by atoms with Crippen LogP contribution in [0.5, 0.6) is 0 Å². The van der Waals surface area contributed by atoms with Gasteiger partial charge in [0.05, 0.1) is 11.3 Å². The van der Waals surface area contributed by atoms with E-state index in [4.69, 9.17) is 0 Å². The highest BCUT2D eigenvalue weighted by Gasteiger charge is 2.20. The quantitative estimate of drug-likeness (QED) is 0.923. The SMILES string of the molecule is CC(=O)N1CCN(c2cc(Nc3ccccc3C#N)nc(C)n2)CC1. The maximum atomic E-state index is 11.5. The number of carbonyl (C=O) groups is 1. The second-order valence-corrected chi connectivity index (χ2v) is 5.93. The lowest BCUT2D eigenvalue weighted by molar-refractivity contribution is -0.129. The molecule has 0 spiro atoms. The molecule has 1 N–H and O–H groups in total. The Balaban J connectivity index is 1.80. The summed E-state index contributed by atoms with van der Waals surface area (Å²) in [6.07, 6.45) is 0. The van der Waals surface area contributed by atoms with E-state index >= 15 is 0 Å². The smallest absolute Gasteiger partial charge is 0.219 e. The lowest BCUT2D eigenvalue weighted by Crippen LogP contribution is -2.48. The number of nitriles is 1. The first kappa shape index (κ1) is 16.7. The molecule has 0 aliphatic carbocycles. The molecule has 0 unspecified atom stereocenters. The van der Waals surface area contributed by atoms with E-state index in [-0.39, 0.29) is 5.91 Å². The Morgan fingerprint density at radius 1 is 1.20 bits per heavy atom. The number of nitrogens with zero attached hydrogens (tertiary/aromatic N) is 5. The molecule has 1 amide bonds. The van der Waals surface area contributed by atoms with Crippen molar-refractivity contribution in [2.24, 2.45) is 0 Å². The van der Waals surface area contributed by atoms with E-state index in [2.05, 4.69) is 26.3 Å². The van der Waals surface area contributed by atoms with Gasteiger partial charge in [0.2, 0.25) is 5.91 Å². The number of nitrogens with one attached hydrogen (secondary N) is 1. The van der Waals surface area contributed by atoms with Crippen LogP contribution in [-0.2, 0) is 4.79 Å². The molecule has 1 aliphatic heterocycles. The Kier molecular flexibility index (Phi) is 4.80. The van der Waals surface area contributed by atoms with E-state index in [9.17, 15) is 10.1 Å². The molecule has 0 saturated carbocycles. The van der Waals surface area contributed by atoms with Crippen LogP contribution in [0.2, 0.25) is 0 Å². The van der Waals surface area contributed by atoms with Crippen molar-refractivity contribution >= 4 is 23.2 Å². The number of piperazine rings is 1. The van der Waals surface area contributed by atoms with Gasteiger partial charge in [-0.2, -0.15) is 5.26 Å². The number of amides is 1. The Morgan fingerprint density at radius 2 is 1.92 bits per heavy atom. The van der Waals surface area contributed by atoms with Crippen LogP contribution >= 0.6 is 0 Å². The monoisotopic (exact) mass is 336 g/mol. The molecule has 25 heavy (non-hydrogen) atoms. The van der Waals surface area contributed by atoms with E-state index in [1.807, 2.05) is 36.1 Å². The van der Waals surface area contributed by atoms with Crippen LogP contribution in [0, 0.1) is 18.3 Å². The highest BCUT2D eigenvalue weighted by molar-refractivity contribution is 5.73. The van der Waals surface area contributed by atoms with Gasteiger partial charge >= 0.3 is 0 Å². The number of carbonyl (C=O) groups excluding carboxylic acids is 1. The minimum absolute atomic E-state index is 0.106. The van der Waals surface area contributed by atoms with Gasteiger partial charge in [0.15, 0.2) is 0 Å². The molecule has 3 rings (SSSR count). The summed E-state index contributed by atoms with van der Waals surface area (Å²) in [5, 5.41) is 12.4. The number of hydrogen-bond acceptors (Lipinski definition) is 6. The van der Waals surface area contributed by atoms with Crippen LogP contribution in [0.15, 0.2) is 30.3 Å². The molecule has 2 aromatic rings. The summed E-state index contributed by atoms with van der Waals surface area (Å²) in [6.45, 7) is 6.31. The Labute approximate surface area is 146 Å². The molecule has 1 aromatic heterocycles. The molecule has 1 aromatic carbocycles. The fourth-order valence-corrected chi connectivity index (χ4v) is 2.86. The van der Waals surface area contributed by atoms with Gasteiger partial charge in [-0.25, -0.2) is 9.97 Å². The number of aromatic nitrogens is 2. The first-order chi connectivity index (χ1) is 12.1. The normalized spacial score (nSPS) is 14.1. The van der Waals surface area contributed by atoms with Gasteiger partial charge in [-0.3, -0.25) is 4.79 Å². The van der Waals surface area contributed by atoms with Crippen molar-refractivity contribution in [1.29, 1.82) is 5.26 Å². The Morgan fingerprint density at radius 3 is 2.60 bits per heavy atom. The number of aryl methyl sites for hydroxylation is 1. The summed E-state index contributed by atoms with van der Waals surface area (Å²) >= 11 is 0. The van der Waals surface area contributed by atoms with Crippen molar-refractivity contribution in [3.05, 3.63) is 41.7 Å². The van der Waals surface area contributed by atoms with Crippen molar-refractivity contribution in [1.82, 2.24) is 14.9 Å². The maximum absolute atomic E-state index is 11.5. The van der Waals surface area contributed by atoms with Crippen LogP contribution in [0.1, 0.15) is 18.3 Å². The molecule has 7 heteroatoms. The third-order valence-electron chi connectivity index (χ3n) is 4.18. The van der Waals surface area contributed by atoms with Crippen molar-refractivity contribution in [3.63, 3.8) is 0 Å². The summed E-state index contributed by atoms with van der Waals surface area (Å²) in [6, 6.07) is 11.4. The molecule has 1 fully saturated rings. The highest BCUT2D eigenvalue weighted by atomic mass is 16.2. The topological polar surface area (TPSA) is 85.2 Å². The molecule has 0 bridgehead atoms. The van der Waals surface area contributed by atoms with E-state index < -0.39 is 0 Å². The molecule has 7 nitrogen and oxygen atoms in total. The maximum Gasteiger partial charge on any atom is 0.219 e. The van der Waals surface area contributed by atoms with E-state index in [0.717, 1.165) is 24.6 Å². The zero-order valence-corrected chi connectivity index (χ0v) is 14.4. The third-order valence-corrected chi connectivity index (χ3v) is 4.18. The van der Waals surface area contributed by atoms with Gasteiger partial charge in [0, 0.05) is 39.2 Å². The number of anilines is 3. The third kappa shape index (κ3) is 3.86. The van der Waals surface area contributed by atoms with Crippen LogP contribution in [-0.4, -0.2) is 47.0 Å². The fraction of sp³-hybridized carbons (Fsp3) is 0.333. The predicted octanol–water partition coefficient (Wildman–Crippen LogP) is 2.07. The van der Waals surface area contributed by atoms with Crippen molar-refractivity contribution in [2.45, 2.75) is 13.8 Å². The van der Waals surface area contributed by atoms with E-state index in [1.54, 1.807) is 13.0 Å². The summed E-state index contributed by atoms with van der Waals surface area (Å²) in [7, 11) is 0. The fourth-order valence-electron chi connectivity index (χ4n) is 2.86. The van der Waals surface area contributed by atoms with Gasteiger partial charge in [-0.05, 0) is 19.1 Å². The molecular weight excluding hydrogens is 316 g/mol. The lowest BCUT2D eigenvalue weighted by atomic mass is 10.2. The van der Waals surface area contributed by atoms with Crippen LogP contribution in [0.4, 0.5) is 17.3 Å². The Bertz CT molecular complexity index is 821. The van der Waals surface area contributed by atoms with Crippen LogP contribution in [0.25, 0.3) is 0 Å². The molecule has 1 aliphatic rings. The number of benzene rings is 1. The number of hydrogen-bond donors (Lipinski definition) is 1. The molecule has 128 valence electrons. The molecule has 0 radical (unpaired) electrons. The summed E-state index contributed by atoms with van der Waals surface area (Å²) in [4.78, 5) is 24.4. The second kappa shape index (κ2) is 7.18. The highest BCUT2D eigenvalue weighted by Crippen LogP contribution is 2.23. The van der Waals surface area contributed by atoms with Gasteiger partial charge in [-0.1, -0.05) is 12.1 Å². The average molecular weight is 336 g/mol. The molecular formula is C18H20N6O. The zero-order chi connectivity index (χ0) is 17.8. The Hall–Kier alpha value is -3.14. The van der Waals surface area contributed by atoms with Gasteiger partial charge in [0.25, 0.3) is 0 Å². The molecule has 1 saturated heterocycles. The van der Waals surface area contributed by atoms with E-state index in [0.29, 0.717) is 30.3 Å². The first-order valence-electron chi connectivity index (χ1n) is 8.19. The average Bonchev–Trinajstić information content (AvgIpc) is 2.62. The van der Waals surface area contributed by atoms with Crippen molar-refractivity contribution < 1.29 is 4.79 Å². The number of rotatable bonds is 3. The minimum Gasteiger partial charge on any atom is -0.353 e. The first-order valence-corrected chi connectivity index (χ1v) is 8.19. The van der Waals surface area contributed by atoms with Crippen LogP contribution < -0.4 is 10.2 Å². The van der Waals surface area contributed by atoms with Crippen molar-refractivity contribution in [3.8, 4) is 6.07 Å². The van der Waals surface area contributed by atoms with E-state index in [1.165, 1.54) is 0 Å². The van der Waals surface area contributed by atoms with Gasteiger partial charge in [-0.15, -0.1) is 0 Å².